The van der Waals surface area contributed by atoms with Crippen molar-refractivity contribution in [3.05, 3.63) is 66.2 Å². The molecule has 1 amide bonds. The van der Waals surface area contributed by atoms with Gasteiger partial charge in [-0.3, -0.25) is 9.69 Å². The molecule has 0 bridgehead atoms. The van der Waals surface area contributed by atoms with Crippen molar-refractivity contribution in [3.63, 3.8) is 0 Å². The first-order valence-corrected chi connectivity index (χ1v) is 12.2. The number of piperazine rings is 1. The number of ether oxygens (including phenoxy) is 1. The number of anilines is 1. The Bertz CT molecular complexity index is 872. The van der Waals surface area contributed by atoms with Crippen molar-refractivity contribution >= 4 is 11.6 Å². The summed E-state index contributed by atoms with van der Waals surface area (Å²) in [5.41, 5.74) is 2.40. The van der Waals surface area contributed by atoms with Crippen LogP contribution < -0.4 is 4.90 Å². The first-order valence-electron chi connectivity index (χ1n) is 12.2. The van der Waals surface area contributed by atoms with E-state index in [0.29, 0.717) is 12.5 Å². The summed E-state index contributed by atoms with van der Waals surface area (Å²) in [5, 5.41) is 0. The first-order chi connectivity index (χ1) is 15.7. The second kappa shape index (κ2) is 9.63. The van der Waals surface area contributed by atoms with Gasteiger partial charge in [0, 0.05) is 57.6 Å². The minimum atomic E-state index is -0.0387. The molecule has 0 N–H and O–H groups in total. The van der Waals surface area contributed by atoms with E-state index in [0.717, 1.165) is 77.1 Å². The van der Waals surface area contributed by atoms with Crippen molar-refractivity contribution in [2.75, 3.05) is 50.8 Å². The van der Waals surface area contributed by atoms with E-state index in [4.69, 9.17) is 4.74 Å². The van der Waals surface area contributed by atoms with Gasteiger partial charge in [0.1, 0.15) is 0 Å². The number of nitrogens with zero attached hydrogens (tertiary/aromatic N) is 3. The van der Waals surface area contributed by atoms with E-state index >= 15 is 0 Å². The Labute approximate surface area is 191 Å². The molecule has 5 nitrogen and oxygen atoms in total. The maximum Gasteiger partial charge on any atom is 0.226 e. The van der Waals surface area contributed by atoms with E-state index in [1.807, 2.05) is 35.2 Å². The molecule has 2 aromatic rings. The summed E-state index contributed by atoms with van der Waals surface area (Å²) in [4.78, 5) is 20.0. The van der Waals surface area contributed by atoms with Crippen LogP contribution in [0.1, 0.15) is 31.2 Å². The summed E-state index contributed by atoms with van der Waals surface area (Å²) < 4.78 is 6.39. The van der Waals surface area contributed by atoms with Gasteiger partial charge in [-0.05, 0) is 43.4 Å². The molecular weight excluding hydrogens is 398 g/mol. The summed E-state index contributed by atoms with van der Waals surface area (Å²) >= 11 is 0. The molecule has 3 aliphatic heterocycles. The topological polar surface area (TPSA) is 36.0 Å². The SMILES string of the molecule is O=C(Cc1ccccc1)N1CCC2(CC1)C[C@@H](N1CCN(c3ccccc3)CC1)CCO2. The number of carbonyl (C=O) groups excluding carboxylic acids is 1. The lowest BCUT2D eigenvalue weighted by atomic mass is 9.81. The van der Waals surface area contributed by atoms with Crippen molar-refractivity contribution in [2.45, 2.75) is 43.7 Å². The molecule has 5 heteroatoms. The normalized spacial score (nSPS) is 23.9. The van der Waals surface area contributed by atoms with Gasteiger partial charge >= 0.3 is 0 Å². The Morgan fingerprint density at radius 1 is 0.875 bits per heavy atom. The Hall–Kier alpha value is -2.37. The molecule has 0 unspecified atom stereocenters. The van der Waals surface area contributed by atoms with Crippen LogP contribution >= 0.6 is 0 Å². The van der Waals surface area contributed by atoms with Gasteiger partial charge in [-0.2, -0.15) is 0 Å². The van der Waals surface area contributed by atoms with Crippen LogP contribution in [0.2, 0.25) is 0 Å². The maximum absolute atomic E-state index is 12.8. The third-order valence-corrected chi connectivity index (χ3v) is 7.64. The van der Waals surface area contributed by atoms with Gasteiger partial charge in [0.05, 0.1) is 12.0 Å². The lowest BCUT2D eigenvalue weighted by Gasteiger charge is -2.50. The zero-order valence-electron chi connectivity index (χ0n) is 19.0. The molecular formula is C27H35N3O2. The molecule has 0 aliphatic carbocycles. The van der Waals surface area contributed by atoms with Crippen LogP contribution in [0.4, 0.5) is 5.69 Å². The second-order valence-electron chi connectivity index (χ2n) is 9.58. The summed E-state index contributed by atoms with van der Waals surface area (Å²) in [6.45, 7) is 6.92. The molecule has 0 radical (unpaired) electrons. The summed E-state index contributed by atoms with van der Waals surface area (Å²) in [6.07, 6.45) is 4.67. The number of para-hydroxylation sites is 1. The molecule has 32 heavy (non-hydrogen) atoms. The number of likely N-dealkylation sites (tertiary alicyclic amines) is 1. The molecule has 3 heterocycles. The van der Waals surface area contributed by atoms with Gasteiger partial charge in [0.25, 0.3) is 0 Å². The molecule has 170 valence electrons. The molecule has 1 spiro atoms. The molecule has 1 atom stereocenters. The number of hydrogen-bond acceptors (Lipinski definition) is 4. The highest BCUT2D eigenvalue weighted by Crippen LogP contribution is 2.37. The number of carbonyl (C=O) groups is 1. The Kier molecular flexibility index (Phi) is 6.47. The monoisotopic (exact) mass is 433 g/mol. The van der Waals surface area contributed by atoms with Crippen molar-refractivity contribution < 1.29 is 9.53 Å². The fraction of sp³-hybridized carbons (Fsp3) is 0.519. The average Bonchev–Trinajstić information content (AvgIpc) is 2.86. The molecule has 3 aliphatic rings. The average molecular weight is 434 g/mol. The fourth-order valence-electron chi connectivity index (χ4n) is 5.69. The van der Waals surface area contributed by atoms with Crippen LogP contribution in [0.25, 0.3) is 0 Å². The van der Waals surface area contributed by atoms with Crippen molar-refractivity contribution in [2.24, 2.45) is 0 Å². The smallest absolute Gasteiger partial charge is 0.226 e. The number of amides is 1. The third-order valence-electron chi connectivity index (χ3n) is 7.64. The Morgan fingerprint density at radius 3 is 2.22 bits per heavy atom. The van der Waals surface area contributed by atoms with Crippen molar-refractivity contribution in [1.29, 1.82) is 0 Å². The second-order valence-corrected chi connectivity index (χ2v) is 9.58. The zero-order valence-corrected chi connectivity index (χ0v) is 19.0. The van der Waals surface area contributed by atoms with E-state index in [9.17, 15) is 4.79 Å². The summed E-state index contributed by atoms with van der Waals surface area (Å²) in [7, 11) is 0. The molecule has 3 saturated heterocycles. The highest BCUT2D eigenvalue weighted by atomic mass is 16.5. The van der Waals surface area contributed by atoms with Gasteiger partial charge in [0.2, 0.25) is 5.91 Å². The zero-order chi connectivity index (χ0) is 21.8. The summed E-state index contributed by atoms with van der Waals surface area (Å²) in [5.74, 6) is 0.246. The highest BCUT2D eigenvalue weighted by Gasteiger charge is 2.42. The van der Waals surface area contributed by atoms with Gasteiger partial charge in [-0.1, -0.05) is 48.5 Å². The minimum Gasteiger partial charge on any atom is -0.375 e. The van der Waals surface area contributed by atoms with Crippen molar-refractivity contribution in [1.82, 2.24) is 9.80 Å². The molecule has 0 aromatic heterocycles. The Balaban J connectivity index is 1.12. The molecule has 0 saturated carbocycles. The standard InChI is InChI=1S/C27H35N3O2/c31-26(21-23-7-3-1-4-8-23)30-14-12-27(13-15-30)22-25(11-20-32-27)29-18-16-28(17-19-29)24-9-5-2-6-10-24/h1-10,25H,11-22H2/t25-/m0/s1. The van der Waals surface area contributed by atoms with E-state index in [1.165, 1.54) is 5.69 Å². The van der Waals surface area contributed by atoms with E-state index in [2.05, 4.69) is 40.1 Å². The van der Waals surface area contributed by atoms with Gasteiger partial charge in [-0.15, -0.1) is 0 Å². The maximum atomic E-state index is 12.8. The minimum absolute atomic E-state index is 0.0387. The molecule has 5 rings (SSSR count). The number of piperidine rings is 1. The van der Waals surface area contributed by atoms with Crippen LogP contribution in [0.5, 0.6) is 0 Å². The largest absolute Gasteiger partial charge is 0.375 e. The van der Waals surface area contributed by atoms with Gasteiger partial charge < -0.3 is 14.5 Å². The number of hydrogen-bond donors (Lipinski definition) is 0. The van der Waals surface area contributed by atoms with Crippen LogP contribution in [0.3, 0.4) is 0 Å². The van der Waals surface area contributed by atoms with E-state index in [1.54, 1.807) is 0 Å². The fourth-order valence-corrected chi connectivity index (χ4v) is 5.69. The summed E-state index contributed by atoms with van der Waals surface area (Å²) in [6, 6.07) is 21.4. The highest BCUT2D eigenvalue weighted by molar-refractivity contribution is 5.78. The molecule has 3 fully saturated rings. The van der Waals surface area contributed by atoms with Gasteiger partial charge in [0.15, 0.2) is 0 Å². The van der Waals surface area contributed by atoms with E-state index in [-0.39, 0.29) is 11.5 Å². The number of benzene rings is 2. The van der Waals surface area contributed by atoms with Crippen LogP contribution in [-0.4, -0.2) is 73.2 Å². The van der Waals surface area contributed by atoms with E-state index < -0.39 is 0 Å². The quantitative estimate of drug-likeness (QED) is 0.738. The molecule has 2 aromatic carbocycles. The van der Waals surface area contributed by atoms with Crippen molar-refractivity contribution in [3.8, 4) is 0 Å². The lowest BCUT2D eigenvalue weighted by Crippen LogP contribution is -2.57. The third kappa shape index (κ3) is 4.84. The Morgan fingerprint density at radius 2 is 1.53 bits per heavy atom. The van der Waals surface area contributed by atoms with Crippen LogP contribution in [0.15, 0.2) is 60.7 Å². The van der Waals surface area contributed by atoms with Crippen LogP contribution in [-0.2, 0) is 16.0 Å². The predicted octanol–water partition coefficient (Wildman–Crippen LogP) is 3.59. The first kappa shape index (κ1) is 21.5. The lowest BCUT2D eigenvalue weighted by molar-refractivity contribution is -0.148. The van der Waals surface area contributed by atoms with Crippen LogP contribution in [0, 0.1) is 0 Å². The number of rotatable bonds is 4. The predicted molar refractivity (Wildman–Crippen MR) is 128 cm³/mol. The van der Waals surface area contributed by atoms with Gasteiger partial charge in [-0.25, -0.2) is 0 Å².